The summed E-state index contributed by atoms with van der Waals surface area (Å²) in [5.41, 5.74) is 1.07. The lowest BCUT2D eigenvalue weighted by Gasteiger charge is -2.19. The van der Waals surface area contributed by atoms with Gasteiger partial charge in [0, 0.05) is 24.4 Å². The van der Waals surface area contributed by atoms with E-state index >= 15 is 0 Å². The number of benzene rings is 3. The Hall–Kier alpha value is -5.63. The number of H-pyrrole nitrogens is 1. The lowest BCUT2D eigenvalue weighted by Crippen LogP contribution is -2.45. The zero-order valence-electron chi connectivity index (χ0n) is 26.8. The first-order valence-electron chi connectivity index (χ1n) is 15.0. The third-order valence-electron chi connectivity index (χ3n) is 6.88. The first-order chi connectivity index (χ1) is 23.2. The molecular weight excluding hydrogens is 646 g/mol. The van der Waals surface area contributed by atoms with Gasteiger partial charge in [-0.3, -0.25) is 39.9 Å². The molecule has 258 valence electrons. The van der Waals surface area contributed by atoms with E-state index < -0.39 is 64.5 Å². The highest BCUT2D eigenvalue weighted by atomic mass is 19.1. The van der Waals surface area contributed by atoms with Crippen molar-refractivity contribution in [3.63, 3.8) is 0 Å². The second-order valence-corrected chi connectivity index (χ2v) is 11.0. The molecule has 0 aliphatic carbocycles. The molecule has 49 heavy (non-hydrogen) atoms. The second-order valence-electron chi connectivity index (χ2n) is 11.0. The molecule has 0 aliphatic heterocycles. The molecule has 0 fully saturated rings. The highest BCUT2D eigenvalue weighted by molar-refractivity contribution is 5.99. The molecule has 0 aliphatic rings. The Balaban J connectivity index is 0.000000266. The average molecular weight is 682 g/mol. The van der Waals surface area contributed by atoms with Gasteiger partial charge in [-0.05, 0) is 73.9 Å². The predicted molar refractivity (Wildman–Crippen MR) is 174 cm³/mol. The number of aromatic amines is 1. The van der Waals surface area contributed by atoms with Crippen molar-refractivity contribution in [3.8, 4) is 0 Å². The number of imide groups is 2. The molecule has 14 heteroatoms. The highest BCUT2D eigenvalue weighted by Crippen LogP contribution is 2.13. The van der Waals surface area contributed by atoms with Crippen molar-refractivity contribution in [1.82, 2.24) is 20.9 Å². The van der Waals surface area contributed by atoms with Crippen LogP contribution in [0.5, 0.6) is 0 Å². The molecule has 1 heterocycles. The van der Waals surface area contributed by atoms with Gasteiger partial charge in [0.25, 0.3) is 5.56 Å². The number of carbonyl (C=O) groups is 4. The van der Waals surface area contributed by atoms with Crippen molar-refractivity contribution in [1.29, 1.82) is 0 Å². The van der Waals surface area contributed by atoms with E-state index in [0.29, 0.717) is 6.07 Å². The van der Waals surface area contributed by atoms with Crippen LogP contribution < -0.4 is 26.8 Å². The summed E-state index contributed by atoms with van der Waals surface area (Å²) in [5, 5.41) is 10.1. The molecule has 3 aromatic carbocycles. The maximum absolute atomic E-state index is 13.1. The van der Waals surface area contributed by atoms with E-state index in [-0.39, 0.29) is 35.7 Å². The number of hydrogen-bond acceptors (Lipinski definition) is 7. The molecule has 4 amide bonds. The van der Waals surface area contributed by atoms with Gasteiger partial charge in [-0.1, -0.05) is 30.3 Å². The number of hydrogen-bond donors (Lipinski definition) is 5. The minimum atomic E-state index is -0.860. The van der Waals surface area contributed by atoms with Crippen LogP contribution in [0.1, 0.15) is 43.5 Å². The molecule has 0 unspecified atom stereocenters. The summed E-state index contributed by atoms with van der Waals surface area (Å²) >= 11 is 0. The molecule has 0 radical (unpaired) electrons. The van der Waals surface area contributed by atoms with Crippen LogP contribution in [0.3, 0.4) is 0 Å². The third kappa shape index (κ3) is 12.8. The monoisotopic (exact) mass is 681 g/mol. The lowest BCUT2D eigenvalue weighted by molar-refractivity contribution is -0.132. The van der Waals surface area contributed by atoms with Gasteiger partial charge in [0.2, 0.25) is 23.6 Å². The van der Waals surface area contributed by atoms with Crippen LogP contribution in [-0.4, -0.2) is 40.7 Å². The molecule has 3 atom stereocenters. The molecule has 0 saturated carbocycles. The molecule has 0 bridgehead atoms. The minimum Gasteiger partial charge on any atom is -0.369 e. The number of pyridine rings is 1. The Morgan fingerprint density at radius 2 is 1.12 bits per heavy atom. The quantitative estimate of drug-likeness (QED) is 0.149. The van der Waals surface area contributed by atoms with Crippen LogP contribution in [0.4, 0.5) is 23.2 Å². The molecule has 10 nitrogen and oxygen atoms in total. The second kappa shape index (κ2) is 18.1. The van der Waals surface area contributed by atoms with Crippen LogP contribution in [0.15, 0.2) is 89.9 Å². The fourth-order valence-corrected chi connectivity index (χ4v) is 4.50. The SMILES string of the molecule is C[C@H](N[C@@H](C)c1ccccc1)C(=O)NC(=O)Cc1cc(F)cc(F)c1.C[C@H](Nc1ccc[nH]c1=O)C(=O)NC(=O)Cc1cc(F)cc(F)c1. The standard InChI is InChI=1S/C19H20F2N2O2.C16H15F2N3O3/c1-12(15-6-4-3-5-7-15)22-13(2)19(25)23-18(24)10-14-8-16(20)11-17(21)9-14;1-9(20-13-3-2-4-19-16(13)24)15(23)21-14(22)7-10-5-11(17)8-12(18)6-10/h3-9,11-13,22H,10H2,1-2H3,(H,23,24,25);2-6,8-9,20H,7H2,1H3,(H,19,24)(H,21,22,23)/t12-,13-;9-/m00/s1. The Kier molecular flexibility index (Phi) is 13.9. The molecule has 0 saturated heterocycles. The smallest absolute Gasteiger partial charge is 0.271 e. The Bertz CT molecular complexity index is 1800. The van der Waals surface area contributed by atoms with Crippen LogP contribution in [0, 0.1) is 23.3 Å². The van der Waals surface area contributed by atoms with Crippen LogP contribution in [0.25, 0.3) is 0 Å². The van der Waals surface area contributed by atoms with E-state index in [1.165, 1.54) is 19.2 Å². The van der Waals surface area contributed by atoms with Crippen LogP contribution in [-0.2, 0) is 32.0 Å². The predicted octanol–water partition coefficient (Wildman–Crippen LogP) is 4.23. The number of rotatable bonds is 11. The molecule has 4 aromatic rings. The highest BCUT2D eigenvalue weighted by Gasteiger charge is 2.19. The summed E-state index contributed by atoms with van der Waals surface area (Å²) in [7, 11) is 0. The molecule has 4 rings (SSSR count). The van der Waals surface area contributed by atoms with Crippen molar-refractivity contribution >= 4 is 29.3 Å². The molecular formula is C35H35F4N5O5. The van der Waals surface area contributed by atoms with Gasteiger partial charge in [-0.15, -0.1) is 0 Å². The van der Waals surface area contributed by atoms with Crippen LogP contribution >= 0.6 is 0 Å². The first kappa shape index (κ1) is 37.8. The summed E-state index contributed by atoms with van der Waals surface area (Å²) in [6, 6.07) is 16.7. The van der Waals surface area contributed by atoms with Crippen molar-refractivity contribution in [3.05, 3.63) is 135 Å². The number of anilines is 1. The summed E-state index contributed by atoms with van der Waals surface area (Å²) in [6.45, 7) is 5.03. The topological polar surface area (TPSA) is 149 Å². The van der Waals surface area contributed by atoms with Crippen LogP contribution in [0.2, 0.25) is 0 Å². The van der Waals surface area contributed by atoms with Crippen molar-refractivity contribution in [2.24, 2.45) is 0 Å². The largest absolute Gasteiger partial charge is 0.369 e. The summed E-state index contributed by atoms with van der Waals surface area (Å²) in [5.74, 6) is -5.62. The number of amides is 4. The van der Waals surface area contributed by atoms with E-state index in [4.69, 9.17) is 0 Å². The summed E-state index contributed by atoms with van der Waals surface area (Å²) < 4.78 is 52.4. The van der Waals surface area contributed by atoms with E-state index in [9.17, 15) is 41.5 Å². The summed E-state index contributed by atoms with van der Waals surface area (Å²) in [6.07, 6.45) is 0.820. The van der Waals surface area contributed by atoms with E-state index in [2.05, 4.69) is 26.3 Å². The van der Waals surface area contributed by atoms with Gasteiger partial charge in [-0.25, -0.2) is 17.6 Å². The van der Waals surface area contributed by atoms with Gasteiger partial charge in [-0.2, -0.15) is 0 Å². The van der Waals surface area contributed by atoms with Gasteiger partial charge in [0.15, 0.2) is 0 Å². The van der Waals surface area contributed by atoms with Gasteiger partial charge in [0.05, 0.1) is 18.9 Å². The average Bonchev–Trinajstić information content (AvgIpc) is 3.01. The fourth-order valence-electron chi connectivity index (χ4n) is 4.50. The Morgan fingerprint density at radius 1 is 0.653 bits per heavy atom. The van der Waals surface area contributed by atoms with Crippen molar-refractivity contribution < 1.29 is 36.7 Å². The number of halogens is 4. The fraction of sp³-hybridized carbons (Fsp3) is 0.229. The summed E-state index contributed by atoms with van der Waals surface area (Å²) in [4.78, 5) is 61.7. The lowest BCUT2D eigenvalue weighted by atomic mass is 10.1. The Labute approximate surface area is 279 Å². The number of carbonyl (C=O) groups excluding carboxylic acids is 4. The first-order valence-corrected chi connectivity index (χ1v) is 15.0. The molecule has 0 spiro atoms. The zero-order valence-corrected chi connectivity index (χ0v) is 26.8. The molecule has 5 N–H and O–H groups in total. The normalized spacial score (nSPS) is 12.4. The number of aromatic nitrogens is 1. The van der Waals surface area contributed by atoms with Crippen molar-refractivity contribution in [2.75, 3.05) is 5.32 Å². The van der Waals surface area contributed by atoms with E-state index in [1.807, 2.05) is 37.3 Å². The maximum Gasteiger partial charge on any atom is 0.271 e. The maximum atomic E-state index is 13.1. The zero-order chi connectivity index (χ0) is 36.1. The third-order valence-corrected chi connectivity index (χ3v) is 6.88. The van der Waals surface area contributed by atoms with Crippen molar-refractivity contribution in [2.45, 2.75) is 51.7 Å². The number of nitrogens with one attached hydrogen (secondary N) is 5. The van der Waals surface area contributed by atoms with Gasteiger partial charge in [0.1, 0.15) is 35.0 Å². The van der Waals surface area contributed by atoms with E-state index in [0.717, 1.165) is 35.9 Å². The van der Waals surface area contributed by atoms with Gasteiger partial charge >= 0.3 is 0 Å². The minimum absolute atomic E-state index is 0.0747. The molecule has 1 aromatic heterocycles. The van der Waals surface area contributed by atoms with Gasteiger partial charge < -0.3 is 10.3 Å². The van der Waals surface area contributed by atoms with E-state index in [1.54, 1.807) is 13.0 Å². The Morgan fingerprint density at radius 3 is 1.59 bits per heavy atom.